The SMILES string of the molecule is Cc1ccn(CCNC(=O)C[C@@H]2COCCN2C(=O)c2ccc(Cl)s2)n1. The molecule has 1 aliphatic rings. The van der Waals surface area contributed by atoms with E-state index in [2.05, 4.69) is 10.4 Å². The van der Waals surface area contributed by atoms with E-state index in [1.165, 1.54) is 11.3 Å². The first-order valence-corrected chi connectivity index (χ1v) is 9.63. The zero-order valence-corrected chi connectivity index (χ0v) is 16.1. The summed E-state index contributed by atoms with van der Waals surface area (Å²) in [6.45, 7) is 4.32. The van der Waals surface area contributed by atoms with Gasteiger partial charge in [-0.3, -0.25) is 14.3 Å². The number of thiophene rings is 1. The van der Waals surface area contributed by atoms with Crippen molar-refractivity contribution in [2.75, 3.05) is 26.3 Å². The number of carbonyl (C=O) groups is 2. The smallest absolute Gasteiger partial charge is 0.264 e. The van der Waals surface area contributed by atoms with E-state index in [1.54, 1.807) is 21.7 Å². The van der Waals surface area contributed by atoms with E-state index < -0.39 is 0 Å². The maximum Gasteiger partial charge on any atom is 0.264 e. The quantitative estimate of drug-likeness (QED) is 0.809. The van der Waals surface area contributed by atoms with Crippen LogP contribution < -0.4 is 5.32 Å². The Morgan fingerprint density at radius 1 is 1.42 bits per heavy atom. The number of rotatable bonds is 6. The third-order valence-corrected chi connectivity index (χ3v) is 5.35. The maximum absolute atomic E-state index is 12.7. The molecular weight excluding hydrogens is 376 g/mol. The van der Waals surface area contributed by atoms with Crippen molar-refractivity contribution >= 4 is 34.8 Å². The molecule has 2 aromatic rings. The summed E-state index contributed by atoms with van der Waals surface area (Å²) in [5, 5.41) is 7.16. The van der Waals surface area contributed by atoms with Crippen LogP contribution in [0.15, 0.2) is 24.4 Å². The Morgan fingerprint density at radius 3 is 2.96 bits per heavy atom. The average Bonchev–Trinajstić information content (AvgIpc) is 3.23. The fourth-order valence-electron chi connectivity index (χ4n) is 2.85. The molecule has 1 fully saturated rings. The first-order valence-electron chi connectivity index (χ1n) is 8.44. The maximum atomic E-state index is 12.7. The van der Waals surface area contributed by atoms with Crippen molar-refractivity contribution in [1.29, 1.82) is 0 Å². The van der Waals surface area contributed by atoms with E-state index in [0.717, 1.165) is 5.69 Å². The van der Waals surface area contributed by atoms with Gasteiger partial charge in [0.15, 0.2) is 0 Å². The minimum atomic E-state index is -0.274. The molecule has 0 saturated carbocycles. The van der Waals surface area contributed by atoms with Gasteiger partial charge in [-0.05, 0) is 25.1 Å². The van der Waals surface area contributed by atoms with Gasteiger partial charge in [0.05, 0.1) is 40.7 Å². The molecule has 1 N–H and O–H groups in total. The van der Waals surface area contributed by atoms with E-state index in [4.69, 9.17) is 16.3 Å². The first-order chi connectivity index (χ1) is 12.5. The highest BCUT2D eigenvalue weighted by Crippen LogP contribution is 2.24. The minimum absolute atomic E-state index is 0.102. The summed E-state index contributed by atoms with van der Waals surface area (Å²) < 4.78 is 7.83. The van der Waals surface area contributed by atoms with Crippen molar-refractivity contribution in [3.05, 3.63) is 39.3 Å². The molecule has 0 radical (unpaired) electrons. The molecule has 3 rings (SSSR count). The van der Waals surface area contributed by atoms with Crippen LogP contribution in [0.1, 0.15) is 21.8 Å². The lowest BCUT2D eigenvalue weighted by molar-refractivity contribution is -0.123. The molecular formula is C17H21ClN4O3S. The Balaban J connectivity index is 1.52. The molecule has 2 aromatic heterocycles. The van der Waals surface area contributed by atoms with Crippen LogP contribution in [0.5, 0.6) is 0 Å². The molecule has 3 heterocycles. The molecule has 1 saturated heterocycles. The van der Waals surface area contributed by atoms with Gasteiger partial charge < -0.3 is 15.0 Å². The summed E-state index contributed by atoms with van der Waals surface area (Å²) in [5.41, 5.74) is 0.943. The van der Waals surface area contributed by atoms with E-state index in [-0.39, 0.29) is 24.3 Å². The molecule has 7 nitrogen and oxygen atoms in total. The summed E-state index contributed by atoms with van der Waals surface area (Å²) >= 11 is 7.17. The van der Waals surface area contributed by atoms with Gasteiger partial charge in [0, 0.05) is 25.7 Å². The predicted molar refractivity (Wildman–Crippen MR) is 99.6 cm³/mol. The molecule has 0 bridgehead atoms. The van der Waals surface area contributed by atoms with Crippen LogP contribution in [0, 0.1) is 6.92 Å². The monoisotopic (exact) mass is 396 g/mol. The van der Waals surface area contributed by atoms with Crippen LogP contribution in [0.3, 0.4) is 0 Å². The predicted octanol–water partition coefficient (Wildman–Crippen LogP) is 1.95. The Labute approximate surface area is 160 Å². The number of carbonyl (C=O) groups excluding carboxylic acids is 2. The van der Waals surface area contributed by atoms with Crippen LogP contribution >= 0.6 is 22.9 Å². The standard InChI is InChI=1S/C17H21ClN4O3S/c1-12-4-6-21(20-12)7-5-19-16(23)10-13-11-25-9-8-22(13)17(24)14-2-3-15(18)26-14/h2-4,6,13H,5,7-11H2,1H3,(H,19,23)/t13-/m1/s1. The lowest BCUT2D eigenvalue weighted by Crippen LogP contribution is -2.50. The van der Waals surface area contributed by atoms with Gasteiger partial charge >= 0.3 is 0 Å². The number of hydrogen-bond donors (Lipinski definition) is 1. The van der Waals surface area contributed by atoms with E-state index in [1.807, 2.05) is 19.2 Å². The van der Waals surface area contributed by atoms with Crippen molar-refractivity contribution in [1.82, 2.24) is 20.0 Å². The van der Waals surface area contributed by atoms with Gasteiger partial charge in [0.2, 0.25) is 5.91 Å². The Bertz CT molecular complexity index is 776. The largest absolute Gasteiger partial charge is 0.377 e. The summed E-state index contributed by atoms with van der Waals surface area (Å²) in [7, 11) is 0. The number of halogens is 1. The zero-order chi connectivity index (χ0) is 18.5. The second kappa shape index (κ2) is 8.66. The fourth-order valence-corrected chi connectivity index (χ4v) is 3.85. The Morgan fingerprint density at radius 2 is 2.27 bits per heavy atom. The highest BCUT2D eigenvalue weighted by Gasteiger charge is 2.30. The second-order valence-electron chi connectivity index (χ2n) is 6.11. The fraction of sp³-hybridized carbons (Fsp3) is 0.471. The van der Waals surface area contributed by atoms with Gasteiger partial charge in [-0.15, -0.1) is 11.3 Å². The van der Waals surface area contributed by atoms with Gasteiger partial charge in [0.1, 0.15) is 0 Å². The lowest BCUT2D eigenvalue weighted by atomic mass is 10.1. The number of morpholine rings is 1. The molecule has 0 aromatic carbocycles. The van der Waals surface area contributed by atoms with Crippen molar-refractivity contribution < 1.29 is 14.3 Å². The van der Waals surface area contributed by atoms with E-state index in [0.29, 0.717) is 42.1 Å². The van der Waals surface area contributed by atoms with E-state index in [9.17, 15) is 9.59 Å². The molecule has 9 heteroatoms. The van der Waals surface area contributed by atoms with Crippen LogP contribution in [0.25, 0.3) is 0 Å². The number of amides is 2. The topological polar surface area (TPSA) is 76.5 Å². The number of aromatic nitrogens is 2. The molecule has 1 atom stereocenters. The minimum Gasteiger partial charge on any atom is -0.377 e. The molecule has 140 valence electrons. The zero-order valence-electron chi connectivity index (χ0n) is 14.5. The van der Waals surface area contributed by atoms with Crippen molar-refractivity contribution in [3.63, 3.8) is 0 Å². The molecule has 2 amide bonds. The second-order valence-corrected chi connectivity index (χ2v) is 7.82. The lowest BCUT2D eigenvalue weighted by Gasteiger charge is -2.35. The van der Waals surface area contributed by atoms with E-state index >= 15 is 0 Å². The summed E-state index contributed by atoms with van der Waals surface area (Å²) in [6, 6.07) is 5.07. The van der Waals surface area contributed by atoms with Crippen LogP contribution in [0.4, 0.5) is 0 Å². The number of nitrogens with zero attached hydrogens (tertiary/aromatic N) is 3. The van der Waals surface area contributed by atoms with Gasteiger partial charge in [0.25, 0.3) is 5.91 Å². The van der Waals surface area contributed by atoms with Crippen molar-refractivity contribution in [3.8, 4) is 0 Å². The number of nitrogens with one attached hydrogen (secondary N) is 1. The molecule has 0 aliphatic carbocycles. The molecule has 0 unspecified atom stereocenters. The molecule has 26 heavy (non-hydrogen) atoms. The Hall–Kier alpha value is -1.90. The van der Waals surface area contributed by atoms with Crippen LogP contribution in [-0.4, -0.2) is 58.8 Å². The third-order valence-electron chi connectivity index (χ3n) is 4.13. The summed E-state index contributed by atoms with van der Waals surface area (Å²) in [4.78, 5) is 27.2. The van der Waals surface area contributed by atoms with Crippen LogP contribution in [0.2, 0.25) is 4.34 Å². The number of ether oxygens (including phenoxy) is 1. The average molecular weight is 397 g/mol. The number of hydrogen-bond acceptors (Lipinski definition) is 5. The van der Waals surface area contributed by atoms with Gasteiger partial charge in [-0.1, -0.05) is 11.6 Å². The third kappa shape index (κ3) is 4.84. The normalized spacial score (nSPS) is 17.3. The van der Waals surface area contributed by atoms with Crippen molar-refractivity contribution in [2.45, 2.75) is 25.9 Å². The van der Waals surface area contributed by atoms with Gasteiger partial charge in [-0.2, -0.15) is 5.10 Å². The highest BCUT2D eigenvalue weighted by molar-refractivity contribution is 7.17. The van der Waals surface area contributed by atoms with Gasteiger partial charge in [-0.25, -0.2) is 0 Å². The molecule has 1 aliphatic heterocycles. The highest BCUT2D eigenvalue weighted by atomic mass is 35.5. The summed E-state index contributed by atoms with van der Waals surface area (Å²) in [5.74, 6) is -0.207. The van der Waals surface area contributed by atoms with Crippen LogP contribution in [-0.2, 0) is 16.1 Å². The van der Waals surface area contributed by atoms with Crippen molar-refractivity contribution in [2.24, 2.45) is 0 Å². The summed E-state index contributed by atoms with van der Waals surface area (Å²) in [6.07, 6.45) is 2.09. The number of aryl methyl sites for hydroxylation is 1. The Kier molecular flexibility index (Phi) is 6.29. The first kappa shape index (κ1) is 18.9. The molecule has 0 spiro atoms.